The lowest BCUT2D eigenvalue weighted by Gasteiger charge is -2.18. The van der Waals surface area contributed by atoms with Gasteiger partial charge in [0.2, 0.25) is 0 Å². The van der Waals surface area contributed by atoms with Crippen molar-refractivity contribution < 1.29 is 9.53 Å². The highest BCUT2D eigenvalue weighted by atomic mass is 79.9. The van der Waals surface area contributed by atoms with Crippen molar-refractivity contribution in [2.24, 2.45) is 30.2 Å². The van der Waals surface area contributed by atoms with Gasteiger partial charge in [-0.25, -0.2) is 9.78 Å². The topological polar surface area (TPSA) is 309 Å². The first-order valence-electron chi connectivity index (χ1n) is 22.1. The largest absolute Gasteiger partial charge is 0.442 e. The summed E-state index contributed by atoms with van der Waals surface area (Å²) in [4.78, 5) is 58.0. The number of carbonyl (C=O) groups is 1. The van der Waals surface area contributed by atoms with Gasteiger partial charge in [0.05, 0.1) is 115 Å². The number of aromatic nitrogens is 7. The molecule has 2 N–H and O–H groups in total. The van der Waals surface area contributed by atoms with Crippen LogP contribution in [0.2, 0.25) is 0 Å². The third-order valence-corrected chi connectivity index (χ3v) is 12.5. The van der Waals surface area contributed by atoms with E-state index < -0.39 is 11.7 Å². The fraction of sp³-hybridized carbons (Fsp3) is 0.319. The van der Waals surface area contributed by atoms with E-state index in [1.165, 1.54) is 10.2 Å². The first-order chi connectivity index (χ1) is 35.4. The Kier molecular flexibility index (Phi) is 20.6. The van der Waals surface area contributed by atoms with Crippen molar-refractivity contribution in [3.05, 3.63) is 151 Å². The van der Waals surface area contributed by atoms with Crippen LogP contribution in [0, 0.1) is 11.3 Å². The van der Waals surface area contributed by atoms with Crippen molar-refractivity contribution in [2.75, 3.05) is 39.5 Å². The molecule has 27 heteroatoms. The molecule has 6 aromatic heterocycles. The second kappa shape index (κ2) is 26.7. The van der Waals surface area contributed by atoms with Gasteiger partial charge in [-0.05, 0) is 140 Å². The molecule has 6 aromatic rings. The number of nitrogens with two attached hydrogens (primary N) is 1. The second-order valence-corrected chi connectivity index (χ2v) is 21.3. The number of likely N-dealkylation sites (N-methyl/N-ethyl adjacent to an activating group) is 1. The molecule has 74 heavy (non-hydrogen) atoms. The molecule has 0 amide bonds. The minimum atomic E-state index is -0.570. The Morgan fingerprint density at radius 2 is 1.15 bits per heavy atom. The zero-order valence-corrected chi connectivity index (χ0v) is 48.3. The van der Waals surface area contributed by atoms with Gasteiger partial charge in [0.15, 0.2) is 5.65 Å². The number of ether oxygens (including phenoxy) is 1. The predicted molar refractivity (Wildman–Crippen MR) is 302 cm³/mol. The molecule has 4 aliphatic rings. The summed E-state index contributed by atoms with van der Waals surface area (Å²) in [6.45, 7) is 9.33. The van der Waals surface area contributed by atoms with E-state index in [2.05, 4.69) is 167 Å². The summed E-state index contributed by atoms with van der Waals surface area (Å²) in [6, 6.07) is 11.8. The smallest absolute Gasteiger partial charge is 0.437 e. The number of azide groups is 2. The number of fused-ring (bicyclic) bond motifs is 5. The van der Waals surface area contributed by atoms with E-state index in [9.17, 15) is 4.79 Å². The number of hydrogen-bond acceptors (Lipinski definition) is 17. The molecule has 0 aromatic carbocycles. The molecule has 380 valence electrons. The molecule has 0 bridgehead atoms. The number of aliphatic imine (C=N–C) groups is 4. The molecule has 0 spiro atoms. The molecule has 0 aliphatic carbocycles. The summed E-state index contributed by atoms with van der Waals surface area (Å²) in [5.74, 6) is 0. The molecule has 0 saturated carbocycles. The van der Waals surface area contributed by atoms with E-state index in [4.69, 9.17) is 26.8 Å². The normalized spacial score (nSPS) is 13.1. The highest BCUT2D eigenvalue weighted by molar-refractivity contribution is 9.11. The maximum Gasteiger partial charge on any atom is 0.437 e. The molecule has 0 fully saturated rings. The Labute approximate surface area is 467 Å². The van der Waals surface area contributed by atoms with Crippen LogP contribution in [0.5, 0.6) is 0 Å². The maximum absolute atomic E-state index is 12.1. The number of rotatable bonds is 8. The highest BCUT2D eigenvalue weighted by Gasteiger charge is 2.24. The minimum absolute atomic E-state index is 0.259. The Bertz CT molecular complexity index is 3260. The Balaban J connectivity index is 0.000000152. The van der Waals surface area contributed by atoms with Gasteiger partial charge in [-0.15, -0.1) is 4.68 Å². The molecule has 22 nitrogen and oxygen atoms in total. The van der Waals surface area contributed by atoms with Crippen molar-refractivity contribution in [1.82, 2.24) is 39.6 Å². The molecular formula is C47H45Br5N20O2. The van der Waals surface area contributed by atoms with Crippen LogP contribution in [-0.4, -0.2) is 108 Å². The number of nitriles is 1. The van der Waals surface area contributed by atoms with E-state index >= 15 is 0 Å². The molecule has 0 saturated heterocycles. The van der Waals surface area contributed by atoms with Crippen molar-refractivity contribution in [2.45, 2.75) is 64.3 Å². The molecular weight excluding hydrogens is 1280 g/mol. The van der Waals surface area contributed by atoms with Gasteiger partial charge in [0.1, 0.15) is 5.60 Å². The van der Waals surface area contributed by atoms with Crippen LogP contribution in [-0.2, 0) is 36.2 Å². The van der Waals surface area contributed by atoms with Gasteiger partial charge in [-0.3, -0.25) is 39.9 Å². The number of alkyl halides is 1. The van der Waals surface area contributed by atoms with Crippen molar-refractivity contribution in [3.8, 4) is 6.07 Å². The van der Waals surface area contributed by atoms with Crippen molar-refractivity contribution in [3.63, 3.8) is 0 Å². The Hall–Kier alpha value is -6.36. The van der Waals surface area contributed by atoms with Crippen LogP contribution in [0.3, 0.4) is 0 Å². The Morgan fingerprint density at radius 1 is 0.716 bits per heavy atom. The first kappa shape index (κ1) is 56.9. The summed E-state index contributed by atoms with van der Waals surface area (Å²) < 4.78 is 10.2. The van der Waals surface area contributed by atoms with E-state index in [0.717, 1.165) is 104 Å². The molecule has 10 heterocycles. The molecule has 0 unspecified atom stereocenters. The van der Waals surface area contributed by atoms with Gasteiger partial charge >= 0.3 is 6.09 Å². The Morgan fingerprint density at radius 3 is 1.62 bits per heavy atom. The number of anilines is 1. The fourth-order valence-corrected chi connectivity index (χ4v) is 8.87. The summed E-state index contributed by atoms with van der Waals surface area (Å²) in [6.07, 6.45) is 8.39. The highest BCUT2D eigenvalue weighted by Crippen LogP contribution is 2.26. The fourth-order valence-electron chi connectivity index (χ4n) is 7.13. The second-order valence-electron chi connectivity index (χ2n) is 17.1. The molecule has 10 rings (SSSR count). The summed E-state index contributed by atoms with van der Waals surface area (Å²) >= 11 is 16.8. The van der Waals surface area contributed by atoms with Gasteiger partial charge < -0.3 is 15.4 Å². The third-order valence-electron chi connectivity index (χ3n) is 10.3. The standard InChI is InChI=1S/C12H13Br2N3O2.C10H12BrN3.C9H6BrN3.C8H6BrN5.C8H8N6/c1-12(2,3)19-11(18)17-10-8(9(5-13)16-17)4-7(14)6-15-10;1-14(2)6-10-8-3-7(11)4-12-9(8)5-13-10;10-6-3-7-8(1-2-11)13-5-9(7)12-4-6;2*9-5-1-6-7(11-2-5)3-12-8(6)4-13-14-10/h4,6H,5H2,1-3H3;3-4H,5-6H2,1-2H3;3-4H,1,5H2;1-2H,3-4H2;1-2H,3-4,9H2. The first-order valence-corrected chi connectivity index (χ1v) is 26.4. The number of halogens is 5. The van der Waals surface area contributed by atoms with Crippen molar-refractivity contribution >= 4 is 125 Å². The van der Waals surface area contributed by atoms with E-state index in [1.807, 2.05) is 59.3 Å². The van der Waals surface area contributed by atoms with E-state index in [0.29, 0.717) is 49.3 Å². The molecule has 4 aliphatic heterocycles. The average Bonchev–Trinajstić information content (AvgIpc) is 4.21. The van der Waals surface area contributed by atoms with Gasteiger partial charge in [-0.1, -0.05) is 26.2 Å². The predicted octanol–water partition coefficient (Wildman–Crippen LogP) is 11.4. The lowest BCUT2D eigenvalue weighted by molar-refractivity contribution is 0.0521. The van der Waals surface area contributed by atoms with Gasteiger partial charge in [0, 0.05) is 92.0 Å². The molecule has 0 atom stereocenters. The number of nitrogens with zero attached hydrogens (tertiary/aromatic N) is 19. The monoisotopic (exact) mass is 1320 g/mol. The van der Waals surface area contributed by atoms with E-state index in [1.54, 1.807) is 30.9 Å². The zero-order chi connectivity index (χ0) is 53.5. The number of carbonyl (C=O) groups excluding carboxylic acids is 1. The van der Waals surface area contributed by atoms with Gasteiger partial charge in [0.25, 0.3) is 0 Å². The number of pyridine rings is 5. The van der Waals surface area contributed by atoms with Crippen LogP contribution < -0.4 is 5.73 Å². The maximum atomic E-state index is 12.1. The van der Waals surface area contributed by atoms with Crippen LogP contribution in [0.15, 0.2) is 109 Å². The zero-order valence-electron chi connectivity index (χ0n) is 40.4. The number of hydrogen-bond donors (Lipinski definition) is 1. The molecule has 0 radical (unpaired) electrons. The van der Waals surface area contributed by atoms with Crippen LogP contribution >= 0.6 is 79.6 Å². The average molecular weight is 1320 g/mol. The quantitative estimate of drug-likeness (QED) is 0.0646. The SMILES string of the molecule is CC(C)(C)OC(=O)n1nc(CBr)c2cc(Br)cnc21.CN(C)CC1=NCc2ncc(Br)cc21.N#CCC1=NCc2ncc(Br)cc21.[N-]=[N+]=NCC1=NCc2ncc(Br)cc21.[N-]=[N+]=NCC1=NCc2ncc(N)cc21. The lowest BCUT2D eigenvalue weighted by Crippen LogP contribution is -2.28. The summed E-state index contributed by atoms with van der Waals surface area (Å²) in [7, 11) is 4.10. The minimum Gasteiger partial charge on any atom is -0.442 e. The van der Waals surface area contributed by atoms with Crippen LogP contribution in [0.1, 0.15) is 77.9 Å². The third kappa shape index (κ3) is 15.6. The van der Waals surface area contributed by atoms with Crippen molar-refractivity contribution in [1.29, 1.82) is 5.26 Å². The van der Waals surface area contributed by atoms with Crippen LogP contribution in [0.25, 0.3) is 31.9 Å². The van der Waals surface area contributed by atoms with E-state index in [-0.39, 0.29) is 6.54 Å². The lowest BCUT2D eigenvalue weighted by atomic mass is 10.1. The number of nitrogen functional groups attached to an aromatic ring is 1. The summed E-state index contributed by atoms with van der Waals surface area (Å²) in [5.41, 5.74) is 34.8. The summed E-state index contributed by atoms with van der Waals surface area (Å²) in [5, 5.41) is 21.1. The van der Waals surface area contributed by atoms with Gasteiger partial charge in [-0.2, -0.15) is 10.4 Å². The van der Waals surface area contributed by atoms with Crippen LogP contribution in [0.4, 0.5) is 10.5 Å².